The first-order valence-electron chi connectivity index (χ1n) is 9.46. The molecule has 1 aliphatic heterocycles. The number of rotatable bonds is 6. The fourth-order valence-corrected chi connectivity index (χ4v) is 5.64. The third-order valence-corrected chi connectivity index (χ3v) is 7.31. The van der Waals surface area contributed by atoms with E-state index in [1.807, 2.05) is 0 Å². The van der Waals surface area contributed by atoms with Crippen LogP contribution < -0.4 is 4.72 Å². The minimum absolute atomic E-state index is 0.0276. The second kappa shape index (κ2) is 8.39. The van der Waals surface area contributed by atoms with Gasteiger partial charge in [-0.05, 0) is 43.4 Å². The topological polar surface area (TPSA) is 104 Å². The van der Waals surface area contributed by atoms with Crippen molar-refractivity contribution >= 4 is 21.9 Å². The predicted octanol–water partition coefficient (Wildman–Crippen LogP) is 1.78. The van der Waals surface area contributed by atoms with Gasteiger partial charge < -0.3 is 10.0 Å². The number of nitrogens with one attached hydrogen (secondary N) is 1. The minimum atomic E-state index is -3.45. The van der Waals surface area contributed by atoms with Crippen LogP contribution in [0.15, 0.2) is 24.3 Å². The van der Waals surface area contributed by atoms with Crippen molar-refractivity contribution in [3.8, 4) is 0 Å². The normalized spacial score (nSPS) is 21.3. The van der Waals surface area contributed by atoms with E-state index >= 15 is 0 Å². The number of carbonyl (C=O) groups excluding carboxylic acids is 1. The van der Waals surface area contributed by atoms with Crippen molar-refractivity contribution in [3.63, 3.8) is 0 Å². The molecule has 2 fully saturated rings. The van der Waals surface area contributed by atoms with Crippen LogP contribution in [0.5, 0.6) is 0 Å². The summed E-state index contributed by atoms with van der Waals surface area (Å²) in [5.41, 5.74) is 0.758. The Labute approximate surface area is 159 Å². The number of likely N-dealkylation sites (tertiary alicyclic amines) is 1. The summed E-state index contributed by atoms with van der Waals surface area (Å²) in [5.74, 6) is -1.20. The number of nitrogens with zero attached hydrogens (tertiary/aromatic N) is 1. The van der Waals surface area contributed by atoms with Crippen LogP contribution >= 0.6 is 0 Å². The average molecular weight is 394 g/mol. The molecular weight excluding hydrogens is 368 g/mol. The molecule has 27 heavy (non-hydrogen) atoms. The summed E-state index contributed by atoms with van der Waals surface area (Å²) in [4.78, 5) is 25.3. The van der Waals surface area contributed by atoms with Crippen molar-refractivity contribution in [3.05, 3.63) is 35.4 Å². The second-order valence-corrected chi connectivity index (χ2v) is 9.42. The van der Waals surface area contributed by atoms with E-state index in [0.29, 0.717) is 24.9 Å². The first-order chi connectivity index (χ1) is 12.8. The van der Waals surface area contributed by atoms with Gasteiger partial charge in [0.1, 0.15) is 0 Å². The van der Waals surface area contributed by atoms with Crippen molar-refractivity contribution in [2.75, 3.05) is 13.1 Å². The van der Waals surface area contributed by atoms with E-state index in [4.69, 9.17) is 5.11 Å². The largest absolute Gasteiger partial charge is 0.478 e. The van der Waals surface area contributed by atoms with Crippen LogP contribution in [-0.4, -0.2) is 54.7 Å². The van der Waals surface area contributed by atoms with Gasteiger partial charge in [-0.3, -0.25) is 4.79 Å². The molecule has 0 radical (unpaired) electrons. The van der Waals surface area contributed by atoms with E-state index < -0.39 is 21.2 Å². The lowest BCUT2D eigenvalue weighted by Gasteiger charge is -2.33. The first-order valence-corrected chi connectivity index (χ1v) is 11.0. The summed E-state index contributed by atoms with van der Waals surface area (Å²) in [7, 11) is -3.45. The van der Waals surface area contributed by atoms with Crippen LogP contribution in [0, 0.1) is 0 Å². The molecule has 1 saturated carbocycles. The van der Waals surface area contributed by atoms with Gasteiger partial charge in [-0.25, -0.2) is 17.9 Å². The number of hydrogen-bond acceptors (Lipinski definition) is 4. The summed E-state index contributed by atoms with van der Waals surface area (Å²) < 4.78 is 28.2. The van der Waals surface area contributed by atoms with Gasteiger partial charge >= 0.3 is 5.97 Å². The van der Waals surface area contributed by atoms with E-state index in [-0.39, 0.29) is 30.5 Å². The Kier molecular flexibility index (Phi) is 6.16. The highest BCUT2D eigenvalue weighted by Crippen LogP contribution is 2.22. The number of hydrogen-bond donors (Lipinski definition) is 2. The molecule has 1 aliphatic carbocycles. The molecule has 3 rings (SSSR count). The van der Waals surface area contributed by atoms with Crippen LogP contribution in [-0.2, 0) is 21.2 Å². The minimum Gasteiger partial charge on any atom is -0.478 e. The zero-order valence-corrected chi connectivity index (χ0v) is 16.1. The zero-order chi connectivity index (χ0) is 19.4. The molecule has 8 heteroatoms. The molecule has 0 aromatic heterocycles. The van der Waals surface area contributed by atoms with E-state index in [1.54, 1.807) is 17.0 Å². The van der Waals surface area contributed by atoms with Gasteiger partial charge in [0.2, 0.25) is 15.9 Å². The van der Waals surface area contributed by atoms with Gasteiger partial charge in [0.05, 0.1) is 17.2 Å². The lowest BCUT2D eigenvalue weighted by atomic mass is 10.1. The maximum absolute atomic E-state index is 12.7. The van der Waals surface area contributed by atoms with E-state index in [1.165, 1.54) is 12.1 Å². The monoisotopic (exact) mass is 394 g/mol. The molecule has 7 nitrogen and oxygen atoms in total. The molecule has 2 N–H and O–H groups in total. The Morgan fingerprint density at radius 3 is 2.59 bits per heavy atom. The number of sulfonamides is 1. The molecular formula is C19H26N2O5S. The second-order valence-electron chi connectivity index (χ2n) is 7.43. The Hall–Kier alpha value is -1.93. The molecule has 0 spiro atoms. The summed E-state index contributed by atoms with van der Waals surface area (Å²) in [6, 6.07) is 6.32. The average Bonchev–Trinajstić information content (AvgIpc) is 3.14. The highest BCUT2D eigenvalue weighted by Gasteiger charge is 2.34. The summed E-state index contributed by atoms with van der Waals surface area (Å²) >= 11 is 0. The number of aromatic carboxylic acids is 1. The van der Waals surface area contributed by atoms with Gasteiger partial charge in [-0.1, -0.05) is 25.0 Å². The lowest BCUT2D eigenvalue weighted by Crippen LogP contribution is -2.50. The molecule has 148 valence electrons. The number of carbonyl (C=O) groups is 2. The number of piperidine rings is 1. The van der Waals surface area contributed by atoms with Crippen molar-refractivity contribution in [1.82, 2.24) is 9.62 Å². The third kappa shape index (κ3) is 5.07. The molecule has 0 bridgehead atoms. The Balaban J connectivity index is 1.62. The molecule has 1 heterocycles. The Bertz CT molecular complexity index is 802. The quantitative estimate of drug-likeness (QED) is 0.765. The van der Waals surface area contributed by atoms with Crippen LogP contribution in [0.4, 0.5) is 0 Å². The summed E-state index contributed by atoms with van der Waals surface area (Å²) in [5, 5.41) is 8.48. The van der Waals surface area contributed by atoms with E-state index in [9.17, 15) is 18.0 Å². The van der Waals surface area contributed by atoms with Crippen molar-refractivity contribution in [2.24, 2.45) is 0 Å². The number of carboxylic acid groups (broad SMARTS) is 1. The lowest BCUT2D eigenvalue weighted by molar-refractivity contribution is -0.131. The van der Waals surface area contributed by atoms with E-state index in [0.717, 1.165) is 25.7 Å². The fourth-order valence-electron chi connectivity index (χ4n) is 3.89. The molecule has 1 aromatic carbocycles. The maximum Gasteiger partial charge on any atom is 0.335 e. The zero-order valence-electron chi connectivity index (χ0n) is 15.3. The van der Waals surface area contributed by atoms with Gasteiger partial charge in [-0.2, -0.15) is 0 Å². The van der Waals surface area contributed by atoms with Crippen LogP contribution in [0.1, 0.15) is 54.4 Å². The van der Waals surface area contributed by atoms with Crippen molar-refractivity contribution in [2.45, 2.75) is 56.2 Å². The first kappa shape index (κ1) is 19.8. The molecule has 1 amide bonds. The number of benzene rings is 1. The molecule has 2 aliphatic rings. The van der Waals surface area contributed by atoms with Gasteiger partial charge in [0, 0.05) is 19.1 Å². The van der Waals surface area contributed by atoms with Gasteiger partial charge in [-0.15, -0.1) is 0 Å². The highest BCUT2D eigenvalue weighted by molar-refractivity contribution is 7.90. The number of amides is 1. The van der Waals surface area contributed by atoms with Crippen LogP contribution in [0.3, 0.4) is 0 Å². The van der Waals surface area contributed by atoms with Crippen LogP contribution in [0.25, 0.3) is 0 Å². The summed E-state index contributed by atoms with van der Waals surface area (Å²) in [6.45, 7) is 0.729. The standard InChI is InChI=1S/C19H26N2O5S/c22-18(12-14-5-3-6-15(11-14)19(23)24)21-10-4-9-17(13-21)27(25,26)20-16-7-1-2-8-16/h3,5-6,11,16-17,20H,1-2,4,7-10,12-13H2,(H,23,24). The smallest absolute Gasteiger partial charge is 0.335 e. The third-order valence-electron chi connectivity index (χ3n) is 5.39. The van der Waals surface area contributed by atoms with Crippen LogP contribution in [0.2, 0.25) is 0 Å². The molecule has 1 unspecified atom stereocenters. The SMILES string of the molecule is O=C(O)c1cccc(CC(=O)N2CCCC(S(=O)(=O)NC3CCCC3)C2)c1. The molecule has 1 atom stereocenters. The summed E-state index contributed by atoms with van der Waals surface area (Å²) in [6.07, 6.45) is 5.15. The Morgan fingerprint density at radius 2 is 1.89 bits per heavy atom. The van der Waals surface area contributed by atoms with Gasteiger partial charge in [0.25, 0.3) is 0 Å². The fraction of sp³-hybridized carbons (Fsp3) is 0.579. The van der Waals surface area contributed by atoms with E-state index in [2.05, 4.69) is 4.72 Å². The van der Waals surface area contributed by atoms with Gasteiger partial charge in [0.15, 0.2) is 0 Å². The van der Waals surface area contributed by atoms with Crippen molar-refractivity contribution in [1.29, 1.82) is 0 Å². The molecule has 1 aromatic rings. The highest BCUT2D eigenvalue weighted by atomic mass is 32.2. The van der Waals surface area contributed by atoms with Crippen molar-refractivity contribution < 1.29 is 23.1 Å². The Morgan fingerprint density at radius 1 is 1.15 bits per heavy atom. The predicted molar refractivity (Wildman–Crippen MR) is 101 cm³/mol. The maximum atomic E-state index is 12.7. The number of carboxylic acids is 1. The molecule has 1 saturated heterocycles.